The van der Waals surface area contributed by atoms with E-state index in [1.807, 2.05) is 67.6 Å². The van der Waals surface area contributed by atoms with E-state index in [2.05, 4.69) is 15.3 Å². The molecule has 2 aromatic carbocycles. The third kappa shape index (κ3) is 3.32. The van der Waals surface area contributed by atoms with E-state index in [1.54, 1.807) is 6.20 Å². The lowest BCUT2D eigenvalue weighted by Gasteiger charge is -2.00. The molecule has 2 heterocycles. The fourth-order valence-corrected chi connectivity index (χ4v) is 3.45. The van der Waals surface area contributed by atoms with E-state index >= 15 is 0 Å². The number of pyridine rings is 1. The summed E-state index contributed by atoms with van der Waals surface area (Å²) in [5.74, 6) is -0.122. The van der Waals surface area contributed by atoms with Crippen LogP contribution in [0.3, 0.4) is 0 Å². The summed E-state index contributed by atoms with van der Waals surface area (Å²) in [5, 5.41) is 4.49. The molecule has 1 N–H and O–H groups in total. The first-order valence-electron chi connectivity index (χ1n) is 7.89. The molecule has 0 bridgehead atoms. The maximum atomic E-state index is 12.2. The summed E-state index contributed by atoms with van der Waals surface area (Å²) in [6, 6.07) is 17.7. The Balaban J connectivity index is 1.63. The van der Waals surface area contributed by atoms with Crippen LogP contribution >= 0.6 is 11.8 Å². The first-order chi connectivity index (χ1) is 12.2. The summed E-state index contributed by atoms with van der Waals surface area (Å²) < 4.78 is 0. The number of benzene rings is 2. The van der Waals surface area contributed by atoms with Crippen LogP contribution < -0.4 is 5.32 Å². The SMILES string of the molecule is Cc1ccccc1/N=C1\NC(=O)/C(=C/c2ccc3ncccc3c2)S1. The molecule has 0 unspecified atom stereocenters. The van der Waals surface area contributed by atoms with Crippen LogP contribution in [0.5, 0.6) is 0 Å². The van der Waals surface area contributed by atoms with Crippen LogP contribution in [0.4, 0.5) is 5.69 Å². The number of carbonyl (C=O) groups is 1. The summed E-state index contributed by atoms with van der Waals surface area (Å²) in [7, 11) is 0. The fraction of sp³-hybridized carbons (Fsp3) is 0.0500. The summed E-state index contributed by atoms with van der Waals surface area (Å²) >= 11 is 1.36. The van der Waals surface area contributed by atoms with Gasteiger partial charge in [-0.2, -0.15) is 0 Å². The third-order valence-electron chi connectivity index (χ3n) is 3.91. The predicted octanol–water partition coefficient (Wildman–Crippen LogP) is 4.43. The standard InChI is InChI=1S/C20H15N3OS/c1-13-5-2-3-7-16(13)22-20-23-19(24)18(25-20)12-14-8-9-17-15(11-14)6-4-10-21-17/h2-12H,1H3,(H,22,23,24)/b18-12-. The maximum absolute atomic E-state index is 12.2. The number of para-hydroxylation sites is 1. The molecule has 1 saturated heterocycles. The Hall–Kier alpha value is -2.92. The van der Waals surface area contributed by atoms with Crippen LogP contribution in [-0.4, -0.2) is 16.1 Å². The molecule has 0 saturated carbocycles. The first kappa shape index (κ1) is 15.6. The van der Waals surface area contributed by atoms with Gasteiger partial charge in [-0.15, -0.1) is 0 Å². The van der Waals surface area contributed by atoms with Crippen molar-refractivity contribution in [1.29, 1.82) is 0 Å². The molecule has 0 aliphatic carbocycles. The second-order valence-electron chi connectivity index (χ2n) is 5.72. The van der Waals surface area contributed by atoms with Crippen molar-refractivity contribution in [3.8, 4) is 0 Å². The van der Waals surface area contributed by atoms with Crippen LogP contribution in [0.1, 0.15) is 11.1 Å². The Bertz CT molecular complexity index is 1040. The van der Waals surface area contributed by atoms with Gasteiger partial charge in [0, 0.05) is 11.6 Å². The molecule has 25 heavy (non-hydrogen) atoms. The largest absolute Gasteiger partial charge is 0.300 e. The van der Waals surface area contributed by atoms with Crippen LogP contribution in [0.15, 0.2) is 70.7 Å². The highest BCUT2D eigenvalue weighted by molar-refractivity contribution is 8.18. The highest BCUT2D eigenvalue weighted by Gasteiger charge is 2.23. The molecule has 1 fully saturated rings. The number of aryl methyl sites for hydroxylation is 1. The van der Waals surface area contributed by atoms with Gasteiger partial charge in [0.25, 0.3) is 5.91 Å². The third-order valence-corrected chi connectivity index (χ3v) is 4.82. The monoisotopic (exact) mass is 345 g/mol. The lowest BCUT2D eigenvalue weighted by Crippen LogP contribution is -2.19. The van der Waals surface area contributed by atoms with Crippen molar-refractivity contribution >= 4 is 45.5 Å². The van der Waals surface area contributed by atoms with Crippen molar-refractivity contribution in [2.75, 3.05) is 0 Å². The summed E-state index contributed by atoms with van der Waals surface area (Å²) in [5.41, 5.74) is 3.85. The molecule has 1 aliphatic heterocycles. The summed E-state index contributed by atoms with van der Waals surface area (Å²) in [6.45, 7) is 2.00. The minimum atomic E-state index is -0.122. The van der Waals surface area contributed by atoms with Crippen molar-refractivity contribution in [3.63, 3.8) is 0 Å². The molecular formula is C20H15N3OS. The van der Waals surface area contributed by atoms with E-state index in [0.717, 1.165) is 27.7 Å². The lowest BCUT2D eigenvalue weighted by molar-refractivity contribution is -0.115. The average Bonchev–Trinajstić information content (AvgIpc) is 2.96. The van der Waals surface area contributed by atoms with Gasteiger partial charge in [-0.3, -0.25) is 9.78 Å². The number of nitrogens with zero attached hydrogens (tertiary/aromatic N) is 2. The van der Waals surface area contributed by atoms with E-state index in [0.29, 0.717) is 10.1 Å². The first-order valence-corrected chi connectivity index (χ1v) is 8.71. The molecule has 0 spiro atoms. The number of nitrogens with one attached hydrogen (secondary N) is 1. The van der Waals surface area contributed by atoms with E-state index in [1.165, 1.54) is 11.8 Å². The minimum Gasteiger partial charge on any atom is -0.300 e. The molecule has 122 valence electrons. The van der Waals surface area contributed by atoms with E-state index in [4.69, 9.17) is 0 Å². The fourth-order valence-electron chi connectivity index (χ4n) is 2.61. The van der Waals surface area contributed by atoms with E-state index in [-0.39, 0.29) is 5.91 Å². The second kappa shape index (κ2) is 6.53. The zero-order chi connectivity index (χ0) is 17.2. The molecular weight excluding hydrogens is 330 g/mol. The van der Waals surface area contributed by atoms with Crippen LogP contribution in [0.25, 0.3) is 17.0 Å². The Labute approximate surface area is 149 Å². The van der Waals surface area contributed by atoms with Gasteiger partial charge in [0.1, 0.15) is 0 Å². The number of amides is 1. The number of fused-ring (bicyclic) bond motifs is 1. The highest BCUT2D eigenvalue weighted by Crippen LogP contribution is 2.29. The van der Waals surface area contributed by atoms with E-state index in [9.17, 15) is 4.79 Å². The second-order valence-corrected chi connectivity index (χ2v) is 6.75. The number of amidine groups is 1. The zero-order valence-electron chi connectivity index (χ0n) is 13.6. The molecule has 1 amide bonds. The number of hydrogen-bond acceptors (Lipinski definition) is 4. The van der Waals surface area contributed by atoms with Crippen molar-refractivity contribution in [1.82, 2.24) is 10.3 Å². The Morgan fingerprint density at radius 3 is 2.88 bits per heavy atom. The molecule has 1 aliphatic rings. The topological polar surface area (TPSA) is 54.4 Å². The number of hydrogen-bond donors (Lipinski definition) is 1. The number of thioether (sulfide) groups is 1. The van der Waals surface area contributed by atoms with Gasteiger partial charge in [0.15, 0.2) is 5.17 Å². The van der Waals surface area contributed by atoms with Gasteiger partial charge < -0.3 is 5.32 Å². The zero-order valence-corrected chi connectivity index (χ0v) is 14.4. The number of carbonyl (C=O) groups excluding carboxylic acids is 1. The molecule has 4 rings (SSSR count). The van der Waals surface area contributed by atoms with Crippen molar-refractivity contribution < 1.29 is 4.79 Å². The maximum Gasteiger partial charge on any atom is 0.264 e. The normalized spacial score (nSPS) is 17.4. The Morgan fingerprint density at radius 2 is 2.00 bits per heavy atom. The predicted molar refractivity (Wildman–Crippen MR) is 104 cm³/mol. The Morgan fingerprint density at radius 1 is 1.12 bits per heavy atom. The van der Waals surface area contributed by atoms with Gasteiger partial charge in [-0.25, -0.2) is 4.99 Å². The number of aliphatic imine (C=N–C) groups is 1. The van der Waals surface area contributed by atoms with E-state index < -0.39 is 0 Å². The van der Waals surface area contributed by atoms with Crippen LogP contribution in [0.2, 0.25) is 0 Å². The molecule has 0 atom stereocenters. The summed E-state index contributed by atoms with van der Waals surface area (Å²) in [6.07, 6.45) is 3.65. The molecule has 3 aromatic rings. The molecule has 0 radical (unpaired) electrons. The van der Waals surface area contributed by atoms with Gasteiger partial charge in [0.05, 0.1) is 16.1 Å². The highest BCUT2D eigenvalue weighted by atomic mass is 32.2. The van der Waals surface area contributed by atoms with Crippen LogP contribution in [-0.2, 0) is 4.79 Å². The van der Waals surface area contributed by atoms with Crippen LogP contribution in [0, 0.1) is 6.92 Å². The smallest absolute Gasteiger partial charge is 0.264 e. The van der Waals surface area contributed by atoms with Gasteiger partial charge in [-0.1, -0.05) is 30.3 Å². The van der Waals surface area contributed by atoms with Crippen molar-refractivity contribution in [2.45, 2.75) is 6.92 Å². The minimum absolute atomic E-state index is 0.122. The Kier molecular flexibility index (Phi) is 4.07. The van der Waals surface area contributed by atoms with Crippen molar-refractivity contribution in [2.24, 2.45) is 4.99 Å². The van der Waals surface area contributed by atoms with Gasteiger partial charge in [-0.05, 0) is 60.2 Å². The average molecular weight is 345 g/mol. The number of rotatable bonds is 2. The molecule has 4 nitrogen and oxygen atoms in total. The lowest BCUT2D eigenvalue weighted by atomic mass is 10.1. The molecule has 5 heteroatoms. The summed E-state index contributed by atoms with van der Waals surface area (Å²) in [4.78, 5) is 21.7. The molecule has 1 aromatic heterocycles. The van der Waals surface area contributed by atoms with Gasteiger partial charge in [0.2, 0.25) is 0 Å². The van der Waals surface area contributed by atoms with Gasteiger partial charge >= 0.3 is 0 Å². The quantitative estimate of drug-likeness (QED) is 0.699. The number of aromatic nitrogens is 1. The van der Waals surface area contributed by atoms with Crippen molar-refractivity contribution in [3.05, 3.63) is 76.8 Å².